The summed E-state index contributed by atoms with van der Waals surface area (Å²) in [4.78, 5) is 0. The molecule has 0 heterocycles. The van der Waals surface area contributed by atoms with Crippen molar-refractivity contribution in [2.45, 2.75) is 12.8 Å². The van der Waals surface area contributed by atoms with E-state index in [1.165, 1.54) is 0 Å². The van der Waals surface area contributed by atoms with E-state index in [0.717, 1.165) is 28.2 Å². The topological polar surface area (TPSA) is 50.7 Å². The van der Waals surface area contributed by atoms with Crippen molar-refractivity contribution < 1.29 is 0 Å². The third-order valence-corrected chi connectivity index (χ3v) is 3.17. The Morgan fingerprint density at radius 3 is 2.19 bits per heavy atom. The van der Waals surface area contributed by atoms with Crippen molar-refractivity contribution in [2.75, 3.05) is 5.73 Å². The highest BCUT2D eigenvalue weighted by atomic mass is 15.1. The molecular weight excluding hydrogens is 258 g/mol. The third kappa shape index (κ3) is 3.66. The first-order valence-corrected chi connectivity index (χ1v) is 6.85. The molecule has 0 aliphatic heterocycles. The lowest BCUT2D eigenvalue weighted by atomic mass is 9.98. The molecule has 21 heavy (non-hydrogen) atoms. The van der Waals surface area contributed by atoms with Crippen molar-refractivity contribution in [2.24, 2.45) is 10.2 Å². The van der Waals surface area contributed by atoms with Crippen molar-refractivity contribution in [3.8, 4) is 0 Å². The van der Waals surface area contributed by atoms with Crippen LogP contribution in [0.3, 0.4) is 0 Å². The number of nitrogens with zero attached hydrogens (tertiary/aromatic N) is 2. The second-order valence-corrected chi connectivity index (χ2v) is 4.65. The van der Waals surface area contributed by atoms with Crippen LogP contribution in [-0.4, -0.2) is 0 Å². The maximum Gasteiger partial charge on any atom is 0.0896 e. The van der Waals surface area contributed by atoms with Gasteiger partial charge in [0.15, 0.2) is 0 Å². The average Bonchev–Trinajstić information content (AvgIpc) is 2.51. The number of nitrogen functional groups attached to an aromatic ring is 1. The van der Waals surface area contributed by atoms with Crippen LogP contribution in [-0.2, 0) is 12.8 Å². The fourth-order valence-electron chi connectivity index (χ4n) is 2.16. The smallest absolute Gasteiger partial charge is 0.0896 e. The SMILES string of the molecule is C=CCc1c(N)ccc(N=Nc2ccccc2)c1CC=C. The van der Waals surface area contributed by atoms with E-state index < -0.39 is 0 Å². The molecular formula is C18H19N3. The summed E-state index contributed by atoms with van der Waals surface area (Å²) in [6.45, 7) is 7.59. The Labute approximate surface area is 125 Å². The molecule has 0 spiro atoms. The highest BCUT2D eigenvalue weighted by Crippen LogP contribution is 2.30. The first kappa shape index (κ1) is 14.7. The summed E-state index contributed by atoms with van der Waals surface area (Å²) in [5.41, 5.74) is 10.6. The van der Waals surface area contributed by atoms with Crippen molar-refractivity contribution >= 4 is 17.1 Å². The lowest BCUT2D eigenvalue weighted by molar-refractivity contribution is 1.12. The number of rotatable bonds is 6. The maximum atomic E-state index is 6.06. The number of anilines is 1. The molecule has 2 aromatic carbocycles. The minimum atomic E-state index is 0.706. The van der Waals surface area contributed by atoms with Crippen LogP contribution >= 0.6 is 0 Å². The van der Waals surface area contributed by atoms with Gasteiger partial charge in [-0.1, -0.05) is 30.4 Å². The number of azo groups is 1. The van der Waals surface area contributed by atoms with Gasteiger partial charge < -0.3 is 5.73 Å². The highest BCUT2D eigenvalue weighted by molar-refractivity contribution is 5.62. The van der Waals surface area contributed by atoms with Crippen LogP contribution < -0.4 is 5.73 Å². The van der Waals surface area contributed by atoms with E-state index in [1.54, 1.807) is 0 Å². The molecule has 0 amide bonds. The Morgan fingerprint density at radius 2 is 1.52 bits per heavy atom. The molecule has 0 fully saturated rings. The normalized spacial score (nSPS) is 10.7. The molecule has 2 N–H and O–H groups in total. The summed E-state index contributed by atoms with van der Waals surface area (Å²) in [7, 11) is 0. The molecule has 0 saturated heterocycles. The standard InChI is InChI=1S/C18H19N3/c1-3-8-15-16(9-4-2)18(13-12-17(15)19)21-20-14-10-6-5-7-11-14/h3-7,10-13H,1-2,8-9,19H2. The van der Waals surface area contributed by atoms with Crippen LogP contribution in [0, 0.1) is 0 Å². The van der Waals surface area contributed by atoms with E-state index in [0.29, 0.717) is 12.8 Å². The molecule has 0 unspecified atom stereocenters. The van der Waals surface area contributed by atoms with Gasteiger partial charge in [-0.25, -0.2) is 0 Å². The molecule has 0 bridgehead atoms. The second-order valence-electron chi connectivity index (χ2n) is 4.65. The van der Waals surface area contributed by atoms with E-state index >= 15 is 0 Å². The minimum Gasteiger partial charge on any atom is -0.398 e. The van der Waals surface area contributed by atoms with Gasteiger partial charge in [-0.15, -0.1) is 13.2 Å². The van der Waals surface area contributed by atoms with Gasteiger partial charge >= 0.3 is 0 Å². The van der Waals surface area contributed by atoms with Crippen LogP contribution in [0.1, 0.15) is 11.1 Å². The zero-order valence-corrected chi connectivity index (χ0v) is 12.0. The van der Waals surface area contributed by atoms with Gasteiger partial charge in [0.1, 0.15) is 0 Å². The molecule has 0 saturated carbocycles. The van der Waals surface area contributed by atoms with Crippen LogP contribution in [0.2, 0.25) is 0 Å². The number of hydrogen-bond donors (Lipinski definition) is 1. The summed E-state index contributed by atoms with van der Waals surface area (Å²) < 4.78 is 0. The summed E-state index contributed by atoms with van der Waals surface area (Å²) in [5.74, 6) is 0. The summed E-state index contributed by atoms with van der Waals surface area (Å²) >= 11 is 0. The van der Waals surface area contributed by atoms with Gasteiger partial charge in [-0.05, 0) is 48.2 Å². The van der Waals surface area contributed by atoms with Crippen molar-refractivity contribution in [1.82, 2.24) is 0 Å². The molecule has 0 aliphatic carbocycles. The van der Waals surface area contributed by atoms with Crippen LogP contribution in [0.25, 0.3) is 0 Å². The summed E-state index contributed by atoms with van der Waals surface area (Å²) in [6, 6.07) is 13.4. The van der Waals surface area contributed by atoms with Gasteiger partial charge in [0.05, 0.1) is 11.4 Å². The fraction of sp³-hybridized carbons (Fsp3) is 0.111. The van der Waals surface area contributed by atoms with Gasteiger partial charge in [-0.2, -0.15) is 10.2 Å². The highest BCUT2D eigenvalue weighted by Gasteiger charge is 2.09. The molecule has 0 aliphatic rings. The zero-order chi connectivity index (χ0) is 15.1. The zero-order valence-electron chi connectivity index (χ0n) is 12.0. The predicted octanol–water partition coefficient (Wildman–Crippen LogP) is 5.14. The van der Waals surface area contributed by atoms with Crippen molar-refractivity contribution in [3.63, 3.8) is 0 Å². The summed E-state index contributed by atoms with van der Waals surface area (Å²) in [5, 5.41) is 8.64. The van der Waals surface area contributed by atoms with E-state index in [4.69, 9.17) is 5.73 Å². The minimum absolute atomic E-state index is 0.706. The summed E-state index contributed by atoms with van der Waals surface area (Å²) in [6.07, 6.45) is 5.11. The molecule has 2 rings (SSSR count). The number of allylic oxidation sites excluding steroid dienone is 2. The van der Waals surface area contributed by atoms with Gasteiger partial charge in [0.25, 0.3) is 0 Å². The second kappa shape index (κ2) is 7.20. The fourth-order valence-corrected chi connectivity index (χ4v) is 2.16. The monoisotopic (exact) mass is 277 g/mol. The van der Waals surface area contributed by atoms with E-state index in [-0.39, 0.29) is 0 Å². The molecule has 2 aromatic rings. The first-order chi connectivity index (χ1) is 10.3. The number of nitrogens with two attached hydrogens (primary N) is 1. The van der Waals surface area contributed by atoms with Crippen molar-refractivity contribution in [3.05, 3.63) is 78.9 Å². The van der Waals surface area contributed by atoms with Crippen LogP contribution in [0.4, 0.5) is 17.1 Å². The quantitative estimate of drug-likeness (QED) is 0.443. The Morgan fingerprint density at radius 1 is 0.857 bits per heavy atom. The van der Waals surface area contributed by atoms with Crippen molar-refractivity contribution in [1.29, 1.82) is 0 Å². The predicted molar refractivity (Wildman–Crippen MR) is 89.3 cm³/mol. The molecule has 106 valence electrons. The maximum absolute atomic E-state index is 6.06. The Bertz CT molecular complexity index is 658. The number of hydrogen-bond acceptors (Lipinski definition) is 3. The Balaban J connectivity index is 2.42. The van der Waals surface area contributed by atoms with Gasteiger partial charge in [0.2, 0.25) is 0 Å². The Hall–Kier alpha value is -2.68. The molecule has 0 radical (unpaired) electrons. The lowest BCUT2D eigenvalue weighted by Crippen LogP contribution is -1.99. The number of benzene rings is 2. The molecule has 0 aromatic heterocycles. The van der Waals surface area contributed by atoms with E-state index in [2.05, 4.69) is 23.4 Å². The Kier molecular flexibility index (Phi) is 5.04. The molecule has 3 nitrogen and oxygen atoms in total. The largest absolute Gasteiger partial charge is 0.398 e. The third-order valence-electron chi connectivity index (χ3n) is 3.17. The van der Waals surface area contributed by atoms with E-state index in [9.17, 15) is 0 Å². The van der Waals surface area contributed by atoms with Gasteiger partial charge in [0, 0.05) is 5.69 Å². The lowest BCUT2D eigenvalue weighted by Gasteiger charge is -2.12. The first-order valence-electron chi connectivity index (χ1n) is 6.85. The molecule has 3 heteroatoms. The molecule has 0 atom stereocenters. The van der Waals surface area contributed by atoms with Gasteiger partial charge in [-0.3, -0.25) is 0 Å². The average molecular weight is 277 g/mol. The van der Waals surface area contributed by atoms with E-state index in [1.807, 2.05) is 54.6 Å². The van der Waals surface area contributed by atoms with Crippen LogP contribution in [0.15, 0.2) is 78.0 Å². The van der Waals surface area contributed by atoms with Crippen LogP contribution in [0.5, 0.6) is 0 Å².